The molecule has 0 spiro atoms. The van der Waals surface area contributed by atoms with Crippen molar-refractivity contribution in [3.63, 3.8) is 0 Å². The summed E-state index contributed by atoms with van der Waals surface area (Å²) in [7, 11) is -3.57. The molecule has 2 aromatic rings. The lowest BCUT2D eigenvalue weighted by Gasteiger charge is -2.09. The highest BCUT2D eigenvalue weighted by atomic mass is 35.5. The smallest absolute Gasteiger partial charge is 0.240 e. The molecule has 0 aliphatic heterocycles. The van der Waals surface area contributed by atoms with Crippen molar-refractivity contribution in [1.29, 1.82) is 0 Å². The molecule has 0 radical (unpaired) electrons. The van der Waals surface area contributed by atoms with Gasteiger partial charge in [0.15, 0.2) is 0 Å². The lowest BCUT2D eigenvalue weighted by Crippen LogP contribution is -2.23. The van der Waals surface area contributed by atoms with E-state index in [1.165, 1.54) is 17.4 Å². The zero-order valence-corrected chi connectivity index (χ0v) is 13.9. The summed E-state index contributed by atoms with van der Waals surface area (Å²) in [5, 5.41) is 3.59. The topological polar surface area (TPSA) is 71.1 Å². The highest BCUT2D eigenvalue weighted by Gasteiger charge is 2.15. The highest BCUT2D eigenvalue weighted by molar-refractivity contribution is 7.89. The molecule has 2 rings (SSSR count). The van der Waals surface area contributed by atoms with Crippen molar-refractivity contribution in [1.82, 2.24) is 15.0 Å². The van der Waals surface area contributed by atoms with Crippen molar-refractivity contribution >= 4 is 33.0 Å². The second kappa shape index (κ2) is 7.33. The number of rotatable bonds is 7. The van der Waals surface area contributed by atoms with E-state index in [1.54, 1.807) is 23.8 Å². The largest absolute Gasteiger partial charge is 0.313 e. The first-order valence-electron chi connectivity index (χ1n) is 6.39. The number of sulfonamides is 1. The van der Waals surface area contributed by atoms with E-state index >= 15 is 0 Å². The van der Waals surface area contributed by atoms with Crippen molar-refractivity contribution in [3.8, 4) is 0 Å². The van der Waals surface area contributed by atoms with Crippen molar-refractivity contribution in [2.45, 2.75) is 24.9 Å². The molecule has 114 valence electrons. The van der Waals surface area contributed by atoms with Gasteiger partial charge in [0.2, 0.25) is 10.0 Å². The Hall–Kier alpha value is -0.990. The van der Waals surface area contributed by atoms with Gasteiger partial charge in [-0.05, 0) is 24.2 Å². The molecule has 0 amide bonds. The Bertz CT molecular complexity index is 687. The van der Waals surface area contributed by atoms with Gasteiger partial charge in [0.25, 0.3) is 0 Å². The zero-order valence-electron chi connectivity index (χ0n) is 11.5. The van der Waals surface area contributed by atoms with Crippen LogP contribution in [0.1, 0.15) is 17.4 Å². The predicted octanol–water partition coefficient (Wildman–Crippen LogP) is 2.38. The maximum Gasteiger partial charge on any atom is 0.240 e. The van der Waals surface area contributed by atoms with Gasteiger partial charge in [-0.1, -0.05) is 24.6 Å². The van der Waals surface area contributed by atoms with Gasteiger partial charge >= 0.3 is 0 Å². The van der Waals surface area contributed by atoms with E-state index in [1.807, 2.05) is 6.92 Å². The van der Waals surface area contributed by atoms with Gasteiger partial charge < -0.3 is 5.32 Å². The molecule has 2 N–H and O–H groups in total. The van der Waals surface area contributed by atoms with Crippen LogP contribution in [0.25, 0.3) is 0 Å². The second-order valence-electron chi connectivity index (χ2n) is 4.33. The number of aromatic nitrogens is 1. The monoisotopic (exact) mass is 345 g/mol. The molecule has 0 bridgehead atoms. The number of thiazole rings is 1. The van der Waals surface area contributed by atoms with Gasteiger partial charge in [0.05, 0.1) is 10.4 Å². The molecule has 1 aromatic heterocycles. The predicted molar refractivity (Wildman–Crippen MR) is 85.0 cm³/mol. The molecule has 1 aromatic carbocycles. The zero-order chi connectivity index (χ0) is 15.3. The van der Waals surface area contributed by atoms with Crippen LogP contribution < -0.4 is 10.0 Å². The molecule has 8 heteroatoms. The van der Waals surface area contributed by atoms with Crippen LogP contribution in [-0.2, 0) is 23.1 Å². The first kappa shape index (κ1) is 16.4. The van der Waals surface area contributed by atoms with Crippen LogP contribution in [0, 0.1) is 0 Å². The van der Waals surface area contributed by atoms with E-state index < -0.39 is 10.0 Å². The van der Waals surface area contributed by atoms with Crippen molar-refractivity contribution in [3.05, 3.63) is 45.4 Å². The minimum Gasteiger partial charge on any atom is -0.313 e. The number of benzene rings is 1. The molecule has 1 heterocycles. The van der Waals surface area contributed by atoms with Gasteiger partial charge in [-0.25, -0.2) is 13.1 Å². The highest BCUT2D eigenvalue weighted by Crippen LogP contribution is 2.21. The fourth-order valence-electron chi connectivity index (χ4n) is 1.68. The van der Waals surface area contributed by atoms with Gasteiger partial charge in [-0.2, -0.15) is 0 Å². The lowest BCUT2D eigenvalue weighted by atomic mass is 10.2. The van der Waals surface area contributed by atoms with E-state index in [0.717, 1.165) is 17.0 Å². The van der Waals surface area contributed by atoms with Crippen molar-refractivity contribution < 1.29 is 8.42 Å². The van der Waals surface area contributed by atoms with Gasteiger partial charge in [-0.3, -0.25) is 4.98 Å². The Morgan fingerprint density at radius 3 is 2.76 bits per heavy atom. The third-order valence-electron chi connectivity index (χ3n) is 2.82. The minimum absolute atomic E-state index is 0.164. The number of nitrogens with zero attached hydrogens (tertiary/aromatic N) is 1. The number of hydrogen-bond donors (Lipinski definition) is 2. The molecule has 5 nitrogen and oxygen atoms in total. The lowest BCUT2D eigenvalue weighted by molar-refractivity contribution is 0.581. The summed E-state index contributed by atoms with van der Waals surface area (Å²) < 4.78 is 26.9. The van der Waals surface area contributed by atoms with Gasteiger partial charge in [0.1, 0.15) is 0 Å². The maximum absolute atomic E-state index is 12.2. The second-order valence-corrected chi connectivity index (χ2v) is 7.47. The molecular formula is C13H16ClN3O2S2. The van der Waals surface area contributed by atoms with E-state index in [4.69, 9.17) is 11.6 Å². The Balaban J connectivity index is 2.10. The third kappa shape index (κ3) is 4.49. The first-order valence-corrected chi connectivity index (χ1v) is 9.13. The standard InChI is InChI=1S/C13H16ClN3O2S2/c1-2-15-6-10-3-4-12(5-13(10)14)21(18,19)17-8-11-7-16-9-20-11/h3-5,7,9,15,17H,2,6,8H2,1H3. The SMILES string of the molecule is CCNCc1ccc(S(=O)(=O)NCc2cncs2)cc1Cl. The van der Waals surface area contributed by atoms with Crippen LogP contribution in [-0.4, -0.2) is 19.9 Å². The van der Waals surface area contributed by atoms with Gasteiger partial charge in [-0.15, -0.1) is 11.3 Å². The Kier molecular flexibility index (Phi) is 5.72. The molecule has 0 saturated carbocycles. The molecule has 0 saturated heterocycles. The van der Waals surface area contributed by atoms with E-state index in [2.05, 4.69) is 15.0 Å². The maximum atomic E-state index is 12.2. The summed E-state index contributed by atoms with van der Waals surface area (Å²) in [5.41, 5.74) is 2.54. The summed E-state index contributed by atoms with van der Waals surface area (Å²) >= 11 is 7.53. The molecule has 0 aliphatic carbocycles. The molecular weight excluding hydrogens is 330 g/mol. The average molecular weight is 346 g/mol. The first-order chi connectivity index (χ1) is 10.0. The van der Waals surface area contributed by atoms with Crippen LogP contribution in [0.5, 0.6) is 0 Å². The summed E-state index contributed by atoms with van der Waals surface area (Å²) in [6, 6.07) is 4.77. The van der Waals surface area contributed by atoms with E-state index in [0.29, 0.717) is 11.6 Å². The van der Waals surface area contributed by atoms with Crippen LogP contribution in [0.4, 0.5) is 0 Å². The summed E-state index contributed by atoms with van der Waals surface area (Å²) in [4.78, 5) is 4.92. The fourth-order valence-corrected chi connectivity index (χ4v) is 3.65. The van der Waals surface area contributed by atoms with Gasteiger partial charge in [0, 0.05) is 29.2 Å². The van der Waals surface area contributed by atoms with Crippen molar-refractivity contribution in [2.24, 2.45) is 0 Å². The molecule has 0 atom stereocenters. The Morgan fingerprint density at radius 2 is 2.14 bits per heavy atom. The van der Waals surface area contributed by atoms with Crippen molar-refractivity contribution in [2.75, 3.05) is 6.54 Å². The summed E-state index contributed by atoms with van der Waals surface area (Å²) in [6.07, 6.45) is 1.64. The third-order valence-corrected chi connectivity index (χ3v) is 5.35. The van der Waals surface area contributed by atoms with Crippen LogP contribution in [0.2, 0.25) is 5.02 Å². The Morgan fingerprint density at radius 1 is 1.33 bits per heavy atom. The van der Waals surface area contributed by atoms with Crippen LogP contribution >= 0.6 is 22.9 Å². The van der Waals surface area contributed by atoms with E-state index in [9.17, 15) is 8.42 Å². The summed E-state index contributed by atoms with van der Waals surface area (Å²) in [6.45, 7) is 3.66. The number of nitrogens with one attached hydrogen (secondary N) is 2. The molecule has 0 unspecified atom stereocenters. The number of hydrogen-bond acceptors (Lipinski definition) is 5. The fraction of sp³-hybridized carbons (Fsp3) is 0.308. The molecule has 0 fully saturated rings. The Labute approximate surface area is 133 Å². The van der Waals surface area contributed by atoms with E-state index in [-0.39, 0.29) is 11.4 Å². The van der Waals surface area contributed by atoms with Crippen LogP contribution in [0.15, 0.2) is 34.8 Å². The number of halogens is 1. The minimum atomic E-state index is -3.57. The molecule has 0 aliphatic rings. The van der Waals surface area contributed by atoms with Crippen LogP contribution in [0.3, 0.4) is 0 Å². The average Bonchev–Trinajstić information content (AvgIpc) is 2.97. The molecule has 21 heavy (non-hydrogen) atoms. The quantitative estimate of drug-likeness (QED) is 0.808. The summed E-state index contributed by atoms with van der Waals surface area (Å²) in [5.74, 6) is 0. The normalized spacial score (nSPS) is 11.7.